The average molecular weight is 470 g/mol. The molecule has 35 heavy (non-hydrogen) atoms. The molecule has 0 bridgehead atoms. The molecule has 0 unspecified atom stereocenters. The maximum atomic E-state index is 12.5. The summed E-state index contributed by atoms with van der Waals surface area (Å²) in [5, 5.41) is 12.6. The molecule has 4 N–H and O–H groups in total. The van der Waals surface area contributed by atoms with Crippen LogP contribution in [0.5, 0.6) is 0 Å². The van der Waals surface area contributed by atoms with E-state index in [4.69, 9.17) is 4.74 Å². The fourth-order valence-corrected chi connectivity index (χ4v) is 4.03. The molecule has 1 aromatic heterocycles. The number of hydrogen-bond donors (Lipinski definition) is 4. The Morgan fingerprint density at radius 2 is 1.80 bits per heavy atom. The molecule has 2 aromatic carbocycles. The van der Waals surface area contributed by atoms with Crippen LogP contribution in [0.25, 0.3) is 0 Å². The van der Waals surface area contributed by atoms with E-state index in [-0.39, 0.29) is 5.91 Å². The second-order valence-corrected chi connectivity index (χ2v) is 8.23. The van der Waals surface area contributed by atoms with Gasteiger partial charge in [0.1, 0.15) is 11.4 Å². The highest BCUT2D eigenvalue weighted by atomic mass is 16.5. The third-order valence-corrected chi connectivity index (χ3v) is 5.80. The van der Waals surface area contributed by atoms with E-state index in [9.17, 15) is 4.79 Å². The second kappa shape index (κ2) is 9.86. The molecular weight excluding hydrogens is 442 g/mol. The van der Waals surface area contributed by atoms with Crippen LogP contribution in [0.4, 0.5) is 34.5 Å². The summed E-state index contributed by atoms with van der Waals surface area (Å²) in [7, 11) is 0. The molecule has 1 amide bonds. The summed E-state index contributed by atoms with van der Waals surface area (Å²) in [6.07, 6.45) is 1.65. The number of hydrogen-bond acceptors (Lipinski definition) is 8. The van der Waals surface area contributed by atoms with Crippen molar-refractivity contribution < 1.29 is 9.53 Å². The maximum absolute atomic E-state index is 12.5. The Morgan fingerprint density at radius 1 is 1.03 bits per heavy atom. The van der Waals surface area contributed by atoms with Crippen LogP contribution in [0, 0.1) is 0 Å². The molecule has 3 aromatic rings. The fourth-order valence-electron chi connectivity index (χ4n) is 4.03. The standard InChI is InChI=1S/C26H27N7O2/c1-3-17(2)28-19-5-4-6-20(15-19)30-26-31-22-16-27-25(34)23(22)24(32-26)29-18-7-9-21(10-8-18)33-11-13-35-14-12-33/h3-10,15,28H,1-2,11-14,16H2,(H,27,34)(H2,29,30,31,32). The van der Waals surface area contributed by atoms with Crippen molar-refractivity contribution in [2.24, 2.45) is 0 Å². The zero-order chi connectivity index (χ0) is 24.2. The van der Waals surface area contributed by atoms with Gasteiger partial charge in [0.2, 0.25) is 5.95 Å². The quantitative estimate of drug-likeness (QED) is 0.365. The number of carbonyl (C=O) groups is 1. The van der Waals surface area contributed by atoms with Gasteiger partial charge >= 0.3 is 0 Å². The summed E-state index contributed by atoms with van der Waals surface area (Å²) in [5.74, 6) is 0.668. The Morgan fingerprint density at radius 3 is 2.57 bits per heavy atom. The minimum atomic E-state index is -0.187. The van der Waals surface area contributed by atoms with Crippen molar-refractivity contribution in [3.8, 4) is 0 Å². The van der Waals surface area contributed by atoms with Crippen LogP contribution in [0.3, 0.4) is 0 Å². The molecule has 2 aliphatic rings. The number of anilines is 6. The van der Waals surface area contributed by atoms with E-state index in [0.717, 1.165) is 49.1 Å². The van der Waals surface area contributed by atoms with E-state index in [1.54, 1.807) is 6.08 Å². The number of nitrogens with one attached hydrogen (secondary N) is 4. The van der Waals surface area contributed by atoms with Crippen LogP contribution in [0.2, 0.25) is 0 Å². The summed E-state index contributed by atoms with van der Waals surface area (Å²) in [5.41, 5.74) is 5.44. The highest BCUT2D eigenvalue weighted by molar-refractivity contribution is 6.03. The molecule has 5 rings (SSSR count). The number of ether oxygens (including phenoxy) is 1. The van der Waals surface area contributed by atoms with E-state index in [1.165, 1.54) is 0 Å². The van der Waals surface area contributed by atoms with Gasteiger partial charge in [-0.2, -0.15) is 4.98 Å². The number of fused-ring (bicyclic) bond motifs is 1. The lowest BCUT2D eigenvalue weighted by molar-refractivity contribution is 0.0966. The van der Waals surface area contributed by atoms with Crippen LogP contribution in [-0.4, -0.2) is 42.2 Å². The van der Waals surface area contributed by atoms with Gasteiger partial charge in [-0.3, -0.25) is 4.79 Å². The van der Waals surface area contributed by atoms with E-state index >= 15 is 0 Å². The van der Waals surface area contributed by atoms with Gasteiger partial charge in [0.15, 0.2) is 0 Å². The third kappa shape index (κ3) is 5.10. The van der Waals surface area contributed by atoms with Crippen molar-refractivity contribution in [2.75, 3.05) is 47.2 Å². The van der Waals surface area contributed by atoms with Crippen LogP contribution in [0.1, 0.15) is 16.1 Å². The van der Waals surface area contributed by atoms with Crippen LogP contribution >= 0.6 is 0 Å². The molecule has 0 spiro atoms. The van der Waals surface area contributed by atoms with Gasteiger partial charge in [-0.15, -0.1) is 0 Å². The first-order chi connectivity index (χ1) is 17.1. The highest BCUT2D eigenvalue weighted by Crippen LogP contribution is 2.29. The number of benzene rings is 2. The summed E-state index contributed by atoms with van der Waals surface area (Å²) in [6.45, 7) is 11.2. The van der Waals surface area contributed by atoms with E-state index in [0.29, 0.717) is 35.3 Å². The first-order valence-corrected chi connectivity index (χ1v) is 11.4. The van der Waals surface area contributed by atoms with Crippen molar-refractivity contribution in [3.63, 3.8) is 0 Å². The smallest absolute Gasteiger partial charge is 0.257 e. The van der Waals surface area contributed by atoms with Crippen molar-refractivity contribution in [1.82, 2.24) is 15.3 Å². The minimum absolute atomic E-state index is 0.187. The molecular formula is C26H27N7O2. The van der Waals surface area contributed by atoms with Crippen molar-refractivity contribution in [3.05, 3.63) is 84.7 Å². The number of amides is 1. The molecule has 9 nitrogen and oxygen atoms in total. The largest absolute Gasteiger partial charge is 0.378 e. The Balaban J connectivity index is 1.38. The zero-order valence-corrected chi connectivity index (χ0v) is 19.3. The Hall–Kier alpha value is -4.37. The number of rotatable bonds is 8. The first kappa shape index (κ1) is 22.4. The van der Waals surface area contributed by atoms with E-state index in [1.807, 2.05) is 36.4 Å². The van der Waals surface area contributed by atoms with E-state index < -0.39 is 0 Å². The highest BCUT2D eigenvalue weighted by Gasteiger charge is 2.27. The summed E-state index contributed by atoms with van der Waals surface area (Å²) >= 11 is 0. The van der Waals surface area contributed by atoms with Gasteiger partial charge in [0, 0.05) is 41.5 Å². The predicted octanol–water partition coefficient (Wildman–Crippen LogP) is 4.16. The third-order valence-electron chi connectivity index (χ3n) is 5.80. The number of morpholine rings is 1. The minimum Gasteiger partial charge on any atom is -0.378 e. The molecule has 178 valence electrons. The Bertz CT molecular complexity index is 1270. The molecule has 0 saturated carbocycles. The normalized spacial score (nSPS) is 14.6. The lowest BCUT2D eigenvalue weighted by atomic mass is 10.2. The van der Waals surface area contributed by atoms with Crippen LogP contribution < -0.4 is 26.2 Å². The molecule has 3 heterocycles. The van der Waals surface area contributed by atoms with Crippen molar-refractivity contribution in [1.29, 1.82) is 0 Å². The maximum Gasteiger partial charge on any atom is 0.257 e. The topological polar surface area (TPSA) is 103 Å². The summed E-state index contributed by atoms with van der Waals surface area (Å²) in [6, 6.07) is 15.8. The van der Waals surface area contributed by atoms with Gasteiger partial charge in [0.05, 0.1) is 25.5 Å². The number of carbonyl (C=O) groups excluding carboxylic acids is 1. The summed E-state index contributed by atoms with van der Waals surface area (Å²) in [4.78, 5) is 24.0. The van der Waals surface area contributed by atoms with Crippen molar-refractivity contribution in [2.45, 2.75) is 6.54 Å². The Kier molecular flexibility index (Phi) is 6.32. The molecule has 9 heteroatoms. The van der Waals surface area contributed by atoms with Gasteiger partial charge in [-0.25, -0.2) is 4.98 Å². The average Bonchev–Trinajstić information content (AvgIpc) is 3.26. The van der Waals surface area contributed by atoms with E-state index in [2.05, 4.69) is 61.4 Å². The van der Waals surface area contributed by atoms with Crippen molar-refractivity contribution >= 4 is 40.4 Å². The van der Waals surface area contributed by atoms with Gasteiger partial charge in [-0.1, -0.05) is 19.2 Å². The van der Waals surface area contributed by atoms with Crippen LogP contribution in [0.15, 0.2) is 73.5 Å². The number of allylic oxidation sites excluding steroid dienone is 1. The summed E-state index contributed by atoms with van der Waals surface area (Å²) < 4.78 is 5.44. The molecule has 1 saturated heterocycles. The first-order valence-electron chi connectivity index (χ1n) is 11.4. The second-order valence-electron chi connectivity index (χ2n) is 8.23. The SMILES string of the molecule is C=CC(=C)Nc1cccc(Nc2nc3c(c(Nc4ccc(N5CCOCC5)cc4)n2)C(=O)NC3)c1. The predicted molar refractivity (Wildman–Crippen MR) is 139 cm³/mol. The number of aromatic nitrogens is 2. The van der Waals surface area contributed by atoms with Gasteiger partial charge in [-0.05, 0) is 48.5 Å². The van der Waals surface area contributed by atoms with Crippen LogP contribution in [-0.2, 0) is 11.3 Å². The molecule has 2 aliphatic heterocycles. The number of nitrogens with zero attached hydrogens (tertiary/aromatic N) is 3. The fraction of sp³-hybridized carbons (Fsp3) is 0.192. The molecule has 0 aliphatic carbocycles. The lowest BCUT2D eigenvalue weighted by Crippen LogP contribution is -2.36. The monoisotopic (exact) mass is 469 g/mol. The molecule has 0 atom stereocenters. The van der Waals surface area contributed by atoms with Gasteiger partial charge in [0.25, 0.3) is 5.91 Å². The van der Waals surface area contributed by atoms with Gasteiger partial charge < -0.3 is 30.9 Å². The lowest BCUT2D eigenvalue weighted by Gasteiger charge is -2.28. The zero-order valence-electron chi connectivity index (χ0n) is 19.3. The Labute approximate surface area is 203 Å². The molecule has 1 fully saturated rings. The molecule has 0 radical (unpaired) electrons.